The lowest BCUT2D eigenvalue weighted by molar-refractivity contribution is -0.129. The normalized spacial score (nSPS) is 20.1. The summed E-state index contributed by atoms with van der Waals surface area (Å²) in [7, 11) is -3.96. The zero-order chi connectivity index (χ0) is 15.5. The first-order chi connectivity index (χ1) is 9.98. The van der Waals surface area contributed by atoms with Crippen molar-refractivity contribution in [2.45, 2.75) is 17.9 Å². The molecule has 0 aromatic heterocycles. The number of hydrogen-bond acceptors (Lipinski definition) is 5. The van der Waals surface area contributed by atoms with Crippen LogP contribution in [0.1, 0.15) is 6.92 Å². The van der Waals surface area contributed by atoms with Crippen molar-refractivity contribution in [3.05, 3.63) is 24.3 Å². The van der Waals surface area contributed by atoms with Gasteiger partial charge >= 0.3 is 0 Å². The lowest BCUT2D eigenvalue weighted by Crippen LogP contribution is -2.55. The van der Waals surface area contributed by atoms with Crippen LogP contribution in [0.15, 0.2) is 29.2 Å². The average Bonchev–Trinajstić information content (AvgIpc) is 2.48. The lowest BCUT2D eigenvalue weighted by Gasteiger charge is -2.33. The minimum atomic E-state index is -3.96. The number of nitrogens with one attached hydrogen (secondary N) is 1. The van der Waals surface area contributed by atoms with Gasteiger partial charge in [-0.2, -0.15) is 4.31 Å². The summed E-state index contributed by atoms with van der Waals surface area (Å²) in [5, 5.41) is 12.4. The number of hydrogen-bond donors (Lipinski definition) is 2. The van der Waals surface area contributed by atoms with Gasteiger partial charge in [-0.3, -0.25) is 4.79 Å². The van der Waals surface area contributed by atoms with Crippen molar-refractivity contribution in [2.75, 3.05) is 26.3 Å². The number of sulfonamides is 1. The number of ether oxygens (including phenoxy) is 1. The fourth-order valence-corrected chi connectivity index (χ4v) is 3.82. The fraction of sp³-hybridized carbons (Fsp3) is 0.462. The van der Waals surface area contributed by atoms with E-state index in [1.54, 1.807) is 6.92 Å². The Hall–Kier alpha value is -1.64. The molecule has 1 heterocycles. The molecule has 1 amide bonds. The molecular formula is C13H18N2O5S. The highest BCUT2D eigenvalue weighted by Crippen LogP contribution is 2.27. The summed E-state index contributed by atoms with van der Waals surface area (Å²) in [5.41, 5.74) is 0. The molecule has 116 valence electrons. The van der Waals surface area contributed by atoms with Crippen molar-refractivity contribution in [3.8, 4) is 5.75 Å². The maximum Gasteiger partial charge on any atom is 0.247 e. The number of para-hydroxylation sites is 1. The van der Waals surface area contributed by atoms with Gasteiger partial charge in [0.15, 0.2) is 0 Å². The molecule has 2 N–H and O–H groups in total. The Balaban J connectivity index is 2.36. The molecule has 1 aromatic rings. The summed E-state index contributed by atoms with van der Waals surface area (Å²) in [6.45, 7) is 2.43. The first-order valence-corrected chi connectivity index (χ1v) is 8.07. The molecule has 0 saturated carbocycles. The summed E-state index contributed by atoms with van der Waals surface area (Å²) < 4.78 is 31.6. The predicted octanol–water partition coefficient (Wildman–Crippen LogP) is -0.0822. The van der Waals surface area contributed by atoms with Crippen LogP contribution in [0.5, 0.6) is 5.75 Å². The van der Waals surface area contributed by atoms with Gasteiger partial charge in [0.25, 0.3) is 0 Å². The number of carbonyl (C=O) groups is 1. The smallest absolute Gasteiger partial charge is 0.247 e. The van der Waals surface area contributed by atoms with Crippen LogP contribution in [0, 0.1) is 0 Å². The van der Waals surface area contributed by atoms with Crippen molar-refractivity contribution < 1.29 is 23.1 Å². The molecule has 0 spiro atoms. The van der Waals surface area contributed by atoms with Gasteiger partial charge in [0, 0.05) is 13.1 Å². The standard InChI is InChI=1S/C13H18N2O5S/c1-2-14-13(17)10-9-20-8-7-15(10)21(18,19)12-6-4-3-5-11(12)16/h3-6,10,16H,2,7-9H2,1H3,(H,14,17). The SMILES string of the molecule is CCNC(=O)C1COCCN1S(=O)(=O)c1ccccc1O. The van der Waals surface area contributed by atoms with Crippen LogP contribution >= 0.6 is 0 Å². The molecule has 1 fully saturated rings. The molecule has 21 heavy (non-hydrogen) atoms. The van der Waals surface area contributed by atoms with E-state index in [0.717, 1.165) is 4.31 Å². The van der Waals surface area contributed by atoms with E-state index in [9.17, 15) is 18.3 Å². The van der Waals surface area contributed by atoms with Gasteiger partial charge in [-0.25, -0.2) is 8.42 Å². The molecule has 0 aliphatic carbocycles. The fourth-order valence-electron chi connectivity index (χ4n) is 2.18. The molecule has 0 radical (unpaired) electrons. The van der Waals surface area contributed by atoms with Crippen molar-refractivity contribution in [1.29, 1.82) is 0 Å². The van der Waals surface area contributed by atoms with E-state index in [1.807, 2.05) is 0 Å². The number of likely N-dealkylation sites (N-methyl/N-ethyl adjacent to an activating group) is 1. The molecule has 1 aliphatic heterocycles. The summed E-state index contributed by atoms with van der Waals surface area (Å²) in [6, 6.07) is 4.75. The minimum absolute atomic E-state index is 0.00133. The van der Waals surface area contributed by atoms with Gasteiger partial charge in [-0.15, -0.1) is 0 Å². The molecule has 1 aliphatic rings. The zero-order valence-electron chi connectivity index (χ0n) is 11.7. The van der Waals surface area contributed by atoms with Gasteiger partial charge in [-0.1, -0.05) is 12.1 Å². The number of phenolic OH excluding ortho intramolecular Hbond substituents is 1. The van der Waals surface area contributed by atoms with Crippen LogP contribution in [-0.2, 0) is 19.6 Å². The molecule has 1 atom stereocenters. The Labute approximate surface area is 123 Å². The molecule has 0 bridgehead atoms. The van der Waals surface area contributed by atoms with Crippen LogP contribution in [0.2, 0.25) is 0 Å². The molecule has 8 heteroatoms. The highest BCUT2D eigenvalue weighted by atomic mass is 32.2. The number of aromatic hydroxyl groups is 1. The second-order valence-corrected chi connectivity index (χ2v) is 6.43. The highest BCUT2D eigenvalue weighted by Gasteiger charge is 2.39. The van der Waals surface area contributed by atoms with Crippen molar-refractivity contribution in [1.82, 2.24) is 9.62 Å². The van der Waals surface area contributed by atoms with Gasteiger partial charge < -0.3 is 15.2 Å². The van der Waals surface area contributed by atoms with Gasteiger partial charge in [0.1, 0.15) is 16.7 Å². The third-order valence-corrected chi connectivity index (χ3v) is 5.14. The van der Waals surface area contributed by atoms with Crippen LogP contribution in [-0.4, -0.2) is 56.1 Å². The highest BCUT2D eigenvalue weighted by molar-refractivity contribution is 7.89. The molecule has 1 aromatic carbocycles. The van der Waals surface area contributed by atoms with Gasteiger partial charge in [0.05, 0.1) is 13.2 Å². The number of amides is 1. The quantitative estimate of drug-likeness (QED) is 0.810. The Kier molecular flexibility index (Phi) is 4.81. The molecule has 1 unspecified atom stereocenters. The minimum Gasteiger partial charge on any atom is -0.507 e. The Bertz CT molecular complexity index is 617. The van der Waals surface area contributed by atoms with E-state index in [2.05, 4.69) is 5.32 Å². The van der Waals surface area contributed by atoms with Crippen molar-refractivity contribution >= 4 is 15.9 Å². The van der Waals surface area contributed by atoms with Crippen LogP contribution < -0.4 is 5.32 Å². The average molecular weight is 314 g/mol. The molecule has 7 nitrogen and oxygen atoms in total. The third-order valence-electron chi connectivity index (χ3n) is 3.18. The van der Waals surface area contributed by atoms with E-state index in [1.165, 1.54) is 24.3 Å². The first kappa shape index (κ1) is 15.7. The maximum atomic E-state index is 12.7. The summed E-state index contributed by atoms with van der Waals surface area (Å²) in [5.74, 6) is -0.741. The number of carbonyl (C=O) groups excluding carboxylic acids is 1. The van der Waals surface area contributed by atoms with Gasteiger partial charge in [-0.05, 0) is 19.1 Å². The summed E-state index contributed by atoms with van der Waals surface area (Å²) in [4.78, 5) is 11.8. The van der Waals surface area contributed by atoms with E-state index in [4.69, 9.17) is 4.74 Å². The maximum absolute atomic E-state index is 12.7. The molecule has 1 saturated heterocycles. The zero-order valence-corrected chi connectivity index (χ0v) is 12.5. The summed E-state index contributed by atoms with van der Waals surface area (Å²) >= 11 is 0. The second-order valence-electron chi connectivity index (χ2n) is 4.57. The van der Waals surface area contributed by atoms with E-state index in [-0.39, 0.29) is 30.4 Å². The monoisotopic (exact) mass is 314 g/mol. The second kappa shape index (κ2) is 6.42. The topological polar surface area (TPSA) is 95.9 Å². The summed E-state index contributed by atoms with van der Waals surface area (Å²) in [6.07, 6.45) is 0. The van der Waals surface area contributed by atoms with E-state index >= 15 is 0 Å². The van der Waals surface area contributed by atoms with E-state index < -0.39 is 22.0 Å². The first-order valence-electron chi connectivity index (χ1n) is 6.63. The number of rotatable bonds is 4. The molecular weight excluding hydrogens is 296 g/mol. The van der Waals surface area contributed by atoms with Crippen molar-refractivity contribution in [3.63, 3.8) is 0 Å². The van der Waals surface area contributed by atoms with Crippen LogP contribution in [0.25, 0.3) is 0 Å². The Morgan fingerprint density at radius 1 is 1.48 bits per heavy atom. The molecule has 2 rings (SSSR count). The third kappa shape index (κ3) is 3.17. The number of benzene rings is 1. The lowest BCUT2D eigenvalue weighted by atomic mass is 10.2. The van der Waals surface area contributed by atoms with Crippen LogP contribution in [0.3, 0.4) is 0 Å². The van der Waals surface area contributed by atoms with Crippen molar-refractivity contribution in [2.24, 2.45) is 0 Å². The van der Waals surface area contributed by atoms with E-state index in [0.29, 0.717) is 6.54 Å². The number of nitrogens with zero attached hydrogens (tertiary/aromatic N) is 1. The number of phenols is 1. The Morgan fingerprint density at radius 2 is 2.19 bits per heavy atom. The number of morpholine rings is 1. The predicted molar refractivity (Wildman–Crippen MR) is 75.3 cm³/mol. The largest absolute Gasteiger partial charge is 0.507 e. The Morgan fingerprint density at radius 3 is 2.86 bits per heavy atom. The van der Waals surface area contributed by atoms with Crippen LogP contribution in [0.4, 0.5) is 0 Å². The van der Waals surface area contributed by atoms with Gasteiger partial charge in [0.2, 0.25) is 15.9 Å².